The number of amides is 2. The smallest absolute Gasteiger partial charge is 0.329 e. The summed E-state index contributed by atoms with van der Waals surface area (Å²) in [5, 5.41) is 24.7. The molecule has 0 fully saturated rings. The Labute approximate surface area is 143 Å². The Balaban J connectivity index is 1.89. The Kier molecular flexibility index (Phi) is 5.94. The summed E-state index contributed by atoms with van der Waals surface area (Å²) < 4.78 is 5.28. The fraction of sp³-hybridized carbons (Fsp3) is 0.118. The van der Waals surface area contributed by atoms with Crippen molar-refractivity contribution in [2.24, 2.45) is 5.10 Å². The molecule has 2 rings (SSSR count). The number of rotatable bonds is 5. The molecule has 2 aromatic carbocycles. The molecule has 0 radical (unpaired) electrons. The van der Waals surface area contributed by atoms with E-state index in [4.69, 9.17) is 4.74 Å². The van der Waals surface area contributed by atoms with E-state index in [0.717, 1.165) is 12.3 Å². The van der Waals surface area contributed by atoms with E-state index in [-0.39, 0.29) is 17.1 Å². The van der Waals surface area contributed by atoms with E-state index in [1.54, 1.807) is 24.3 Å². The van der Waals surface area contributed by atoms with Crippen LogP contribution >= 0.6 is 0 Å². The van der Waals surface area contributed by atoms with Gasteiger partial charge in [0.05, 0.1) is 12.8 Å². The standard InChI is InChI=1S/C17H17N3O5/c1-2-25-14-7-4-12(5-8-14)19-16(23)17(24)20-18-10-11-3-6-13(21)9-15(11)22/h3-10,21-22H,2H2,1H3,(H,19,23)(H,20,24). The first-order chi connectivity index (χ1) is 12.0. The lowest BCUT2D eigenvalue weighted by Gasteiger charge is -2.06. The summed E-state index contributed by atoms with van der Waals surface area (Å²) in [6.07, 6.45) is 1.15. The monoisotopic (exact) mass is 343 g/mol. The predicted molar refractivity (Wildman–Crippen MR) is 91.7 cm³/mol. The number of nitrogens with one attached hydrogen (secondary N) is 2. The third-order valence-corrected chi connectivity index (χ3v) is 3.01. The molecule has 0 unspecified atom stereocenters. The minimum absolute atomic E-state index is 0.103. The second kappa shape index (κ2) is 8.34. The molecule has 0 aliphatic heterocycles. The van der Waals surface area contributed by atoms with E-state index < -0.39 is 11.8 Å². The maximum atomic E-state index is 11.8. The molecule has 0 atom stereocenters. The van der Waals surface area contributed by atoms with Crippen LogP contribution in [0.4, 0.5) is 5.69 Å². The van der Waals surface area contributed by atoms with Gasteiger partial charge in [-0.2, -0.15) is 5.10 Å². The average molecular weight is 343 g/mol. The molecular formula is C17H17N3O5. The van der Waals surface area contributed by atoms with E-state index in [1.165, 1.54) is 12.1 Å². The number of ether oxygens (including phenoxy) is 1. The number of carbonyl (C=O) groups excluding carboxylic acids is 2. The van der Waals surface area contributed by atoms with Crippen molar-refractivity contribution in [1.82, 2.24) is 5.43 Å². The first-order valence-corrected chi connectivity index (χ1v) is 7.39. The van der Waals surface area contributed by atoms with Crippen molar-refractivity contribution in [2.75, 3.05) is 11.9 Å². The van der Waals surface area contributed by atoms with Gasteiger partial charge in [-0.25, -0.2) is 5.43 Å². The van der Waals surface area contributed by atoms with E-state index in [9.17, 15) is 19.8 Å². The number of hydrazone groups is 1. The van der Waals surface area contributed by atoms with Gasteiger partial charge in [0.2, 0.25) is 0 Å². The molecule has 2 aromatic rings. The highest BCUT2D eigenvalue weighted by Gasteiger charge is 2.13. The summed E-state index contributed by atoms with van der Waals surface area (Å²) in [5.41, 5.74) is 2.75. The number of nitrogens with zero attached hydrogens (tertiary/aromatic N) is 1. The van der Waals surface area contributed by atoms with Gasteiger partial charge in [0.25, 0.3) is 0 Å². The van der Waals surface area contributed by atoms with Crippen LogP contribution in [0.15, 0.2) is 47.6 Å². The minimum Gasteiger partial charge on any atom is -0.508 e. The SMILES string of the molecule is CCOc1ccc(NC(=O)C(=O)NN=Cc2ccc(O)cc2O)cc1. The van der Waals surface area contributed by atoms with Gasteiger partial charge in [-0.05, 0) is 43.3 Å². The van der Waals surface area contributed by atoms with E-state index in [0.29, 0.717) is 18.0 Å². The molecule has 0 aliphatic rings. The number of carbonyl (C=O) groups is 2. The first kappa shape index (κ1) is 17.8. The Hall–Kier alpha value is -3.55. The van der Waals surface area contributed by atoms with Crippen molar-refractivity contribution < 1.29 is 24.5 Å². The highest BCUT2D eigenvalue weighted by Crippen LogP contribution is 2.20. The van der Waals surface area contributed by atoms with E-state index in [1.807, 2.05) is 12.3 Å². The molecule has 0 aromatic heterocycles. The maximum Gasteiger partial charge on any atom is 0.329 e. The topological polar surface area (TPSA) is 120 Å². The van der Waals surface area contributed by atoms with Crippen LogP contribution in [0.3, 0.4) is 0 Å². The first-order valence-electron chi connectivity index (χ1n) is 7.39. The fourth-order valence-electron chi connectivity index (χ4n) is 1.84. The number of anilines is 1. The van der Waals surface area contributed by atoms with Crippen LogP contribution in [0.5, 0.6) is 17.2 Å². The average Bonchev–Trinajstić information content (AvgIpc) is 2.58. The zero-order valence-corrected chi connectivity index (χ0v) is 13.4. The van der Waals surface area contributed by atoms with Gasteiger partial charge in [-0.1, -0.05) is 0 Å². The second-order valence-electron chi connectivity index (χ2n) is 4.85. The van der Waals surface area contributed by atoms with Crippen LogP contribution in [0.25, 0.3) is 0 Å². The lowest BCUT2D eigenvalue weighted by molar-refractivity contribution is -0.136. The maximum absolute atomic E-state index is 11.8. The molecule has 8 heteroatoms. The highest BCUT2D eigenvalue weighted by atomic mass is 16.5. The van der Waals surface area contributed by atoms with Gasteiger partial charge >= 0.3 is 11.8 Å². The molecule has 4 N–H and O–H groups in total. The zero-order valence-electron chi connectivity index (χ0n) is 13.4. The molecule has 8 nitrogen and oxygen atoms in total. The number of hydrogen-bond acceptors (Lipinski definition) is 6. The Bertz CT molecular complexity index is 787. The van der Waals surface area contributed by atoms with Crippen LogP contribution in [0.1, 0.15) is 12.5 Å². The van der Waals surface area contributed by atoms with Crippen molar-refractivity contribution in [2.45, 2.75) is 6.92 Å². The molecule has 0 spiro atoms. The third-order valence-electron chi connectivity index (χ3n) is 3.01. The normalized spacial score (nSPS) is 10.4. The Morgan fingerprint density at radius 2 is 1.84 bits per heavy atom. The highest BCUT2D eigenvalue weighted by molar-refractivity contribution is 6.39. The largest absolute Gasteiger partial charge is 0.508 e. The third kappa shape index (κ3) is 5.24. The summed E-state index contributed by atoms with van der Waals surface area (Å²) in [7, 11) is 0. The lowest BCUT2D eigenvalue weighted by atomic mass is 10.2. The summed E-state index contributed by atoms with van der Waals surface area (Å²) >= 11 is 0. The van der Waals surface area contributed by atoms with Crippen LogP contribution < -0.4 is 15.5 Å². The summed E-state index contributed by atoms with van der Waals surface area (Å²) in [4.78, 5) is 23.4. The molecule has 0 aliphatic carbocycles. The van der Waals surface area contributed by atoms with Crippen LogP contribution in [-0.2, 0) is 9.59 Å². The van der Waals surface area contributed by atoms with Gasteiger partial charge in [0.1, 0.15) is 17.2 Å². The van der Waals surface area contributed by atoms with Crippen LogP contribution in [0, 0.1) is 0 Å². The van der Waals surface area contributed by atoms with Gasteiger partial charge in [0.15, 0.2) is 0 Å². The van der Waals surface area contributed by atoms with E-state index in [2.05, 4.69) is 10.4 Å². The molecular weight excluding hydrogens is 326 g/mol. The van der Waals surface area contributed by atoms with Crippen molar-refractivity contribution in [3.63, 3.8) is 0 Å². The van der Waals surface area contributed by atoms with Crippen LogP contribution in [0.2, 0.25) is 0 Å². The second-order valence-corrected chi connectivity index (χ2v) is 4.85. The lowest BCUT2D eigenvalue weighted by Crippen LogP contribution is -2.32. The number of hydrogen-bond donors (Lipinski definition) is 4. The van der Waals surface area contributed by atoms with Gasteiger partial charge in [0, 0.05) is 17.3 Å². The van der Waals surface area contributed by atoms with Crippen molar-refractivity contribution >= 4 is 23.7 Å². The van der Waals surface area contributed by atoms with Crippen LogP contribution in [-0.4, -0.2) is 34.8 Å². The summed E-state index contributed by atoms with van der Waals surface area (Å²) in [6.45, 7) is 2.39. The molecule has 0 saturated heterocycles. The molecule has 25 heavy (non-hydrogen) atoms. The summed E-state index contributed by atoms with van der Waals surface area (Å²) in [5.74, 6) is -1.52. The molecule has 130 valence electrons. The molecule has 0 saturated carbocycles. The van der Waals surface area contributed by atoms with E-state index >= 15 is 0 Å². The van der Waals surface area contributed by atoms with Crippen molar-refractivity contribution in [1.29, 1.82) is 0 Å². The molecule has 0 heterocycles. The number of phenolic OH excluding ortho intramolecular Hbond substituents is 2. The fourth-order valence-corrected chi connectivity index (χ4v) is 1.84. The number of aromatic hydroxyl groups is 2. The quantitative estimate of drug-likeness (QED) is 0.373. The predicted octanol–water partition coefficient (Wildman–Crippen LogP) is 1.59. The van der Waals surface area contributed by atoms with Gasteiger partial charge in [-0.15, -0.1) is 0 Å². The van der Waals surface area contributed by atoms with Crippen molar-refractivity contribution in [3.05, 3.63) is 48.0 Å². The van der Waals surface area contributed by atoms with Gasteiger partial charge < -0.3 is 20.3 Å². The summed E-state index contributed by atoms with van der Waals surface area (Å²) in [6, 6.07) is 10.4. The Morgan fingerprint density at radius 1 is 1.12 bits per heavy atom. The number of benzene rings is 2. The zero-order chi connectivity index (χ0) is 18.2. The number of phenols is 2. The van der Waals surface area contributed by atoms with Gasteiger partial charge in [-0.3, -0.25) is 9.59 Å². The molecule has 0 bridgehead atoms. The van der Waals surface area contributed by atoms with Crippen molar-refractivity contribution in [3.8, 4) is 17.2 Å². The Morgan fingerprint density at radius 3 is 2.48 bits per heavy atom. The minimum atomic E-state index is -0.969. The molecule has 2 amide bonds.